The fourth-order valence-corrected chi connectivity index (χ4v) is 3.68. The van der Waals surface area contributed by atoms with E-state index in [4.69, 9.17) is 14.2 Å². The van der Waals surface area contributed by atoms with E-state index in [-0.39, 0.29) is 6.61 Å². The summed E-state index contributed by atoms with van der Waals surface area (Å²) in [6, 6.07) is 29.7. The van der Waals surface area contributed by atoms with Gasteiger partial charge in [0.15, 0.2) is 0 Å². The van der Waals surface area contributed by atoms with Crippen LogP contribution in [0.4, 0.5) is 0 Å². The lowest BCUT2D eigenvalue weighted by atomic mass is 10.0. The molecule has 0 saturated carbocycles. The average Bonchev–Trinajstić information content (AvgIpc) is 3.42. The number of aromatic nitrogens is 2. The van der Waals surface area contributed by atoms with Crippen molar-refractivity contribution in [2.24, 2.45) is 0 Å². The molecule has 6 nitrogen and oxygen atoms in total. The number of imidazole rings is 1. The van der Waals surface area contributed by atoms with Crippen LogP contribution in [0.1, 0.15) is 28.5 Å². The first-order chi connectivity index (χ1) is 16.8. The molecule has 2 N–H and O–H groups in total. The number of hydrogen-bond donors (Lipinski definition) is 2. The molecule has 3 aromatic carbocycles. The molecule has 6 heteroatoms. The highest BCUT2D eigenvalue weighted by molar-refractivity contribution is 5.16. The molecular weight excluding hydrogens is 428 g/mol. The molecule has 1 aromatic heterocycles. The third kappa shape index (κ3) is 7.10. The standard InChI is InChI=1S/C28H30N2O4/c31-26(20-32-17-22-10-4-1-5-11-22)28(34-19-24-14-8-3-9-15-24)27(25-16-29-21-30-25)33-18-23-12-6-2-7-13-23/h1-16,21,26-28,31H,17-20H2,(H,29,30)/t26-,27-,28-/m1/s1. The lowest BCUT2D eigenvalue weighted by Gasteiger charge is -2.30. The lowest BCUT2D eigenvalue weighted by Crippen LogP contribution is -2.39. The summed E-state index contributed by atoms with van der Waals surface area (Å²) in [4.78, 5) is 7.28. The molecule has 0 fully saturated rings. The van der Waals surface area contributed by atoms with Gasteiger partial charge in [-0.2, -0.15) is 0 Å². The number of benzene rings is 3. The Labute approximate surface area is 200 Å². The Balaban J connectivity index is 1.48. The number of rotatable bonds is 13. The molecule has 34 heavy (non-hydrogen) atoms. The van der Waals surface area contributed by atoms with Gasteiger partial charge in [-0.3, -0.25) is 0 Å². The van der Waals surface area contributed by atoms with Crippen molar-refractivity contribution >= 4 is 0 Å². The second-order valence-corrected chi connectivity index (χ2v) is 8.05. The van der Waals surface area contributed by atoms with E-state index in [9.17, 15) is 5.11 Å². The predicted molar refractivity (Wildman–Crippen MR) is 130 cm³/mol. The van der Waals surface area contributed by atoms with Crippen molar-refractivity contribution in [2.45, 2.75) is 38.1 Å². The minimum atomic E-state index is -0.920. The summed E-state index contributed by atoms with van der Waals surface area (Å²) in [7, 11) is 0. The zero-order chi connectivity index (χ0) is 23.4. The quantitative estimate of drug-likeness (QED) is 0.300. The highest BCUT2D eigenvalue weighted by Gasteiger charge is 2.33. The Morgan fingerprint density at radius 1 is 0.706 bits per heavy atom. The minimum Gasteiger partial charge on any atom is -0.388 e. The predicted octanol–water partition coefficient (Wildman–Crippen LogP) is 4.83. The van der Waals surface area contributed by atoms with Crippen molar-refractivity contribution in [3.05, 3.63) is 126 Å². The fourth-order valence-electron chi connectivity index (χ4n) is 3.68. The van der Waals surface area contributed by atoms with Gasteiger partial charge in [0.1, 0.15) is 18.3 Å². The molecule has 0 bridgehead atoms. The minimum absolute atomic E-state index is 0.105. The Kier molecular flexibility index (Phi) is 8.99. The van der Waals surface area contributed by atoms with E-state index in [0.717, 1.165) is 22.4 Å². The number of hydrogen-bond acceptors (Lipinski definition) is 5. The number of aliphatic hydroxyl groups is 1. The van der Waals surface area contributed by atoms with E-state index in [2.05, 4.69) is 9.97 Å². The summed E-state index contributed by atoms with van der Waals surface area (Å²) in [6.45, 7) is 1.21. The normalized spacial score (nSPS) is 13.9. The maximum atomic E-state index is 11.2. The van der Waals surface area contributed by atoms with Crippen LogP contribution in [0.25, 0.3) is 0 Å². The van der Waals surface area contributed by atoms with Gasteiger partial charge in [0.25, 0.3) is 0 Å². The molecule has 0 unspecified atom stereocenters. The van der Waals surface area contributed by atoms with Crippen LogP contribution in [-0.2, 0) is 34.0 Å². The third-order valence-corrected chi connectivity index (χ3v) is 5.46. The highest BCUT2D eigenvalue weighted by atomic mass is 16.6. The van der Waals surface area contributed by atoms with Crippen LogP contribution < -0.4 is 0 Å². The van der Waals surface area contributed by atoms with E-state index in [1.807, 2.05) is 91.0 Å². The first-order valence-electron chi connectivity index (χ1n) is 11.4. The molecule has 0 radical (unpaired) electrons. The molecule has 0 saturated heterocycles. The molecule has 3 atom stereocenters. The fraction of sp³-hybridized carbons (Fsp3) is 0.250. The van der Waals surface area contributed by atoms with Crippen molar-refractivity contribution in [2.75, 3.05) is 6.61 Å². The third-order valence-electron chi connectivity index (χ3n) is 5.46. The van der Waals surface area contributed by atoms with E-state index in [1.54, 1.807) is 12.5 Å². The topological polar surface area (TPSA) is 76.6 Å². The van der Waals surface area contributed by atoms with E-state index in [0.29, 0.717) is 19.8 Å². The number of nitrogens with zero attached hydrogens (tertiary/aromatic N) is 1. The van der Waals surface area contributed by atoms with Crippen molar-refractivity contribution in [3.63, 3.8) is 0 Å². The Morgan fingerprint density at radius 2 is 1.24 bits per heavy atom. The zero-order valence-corrected chi connectivity index (χ0v) is 19.0. The van der Waals surface area contributed by atoms with Crippen LogP contribution in [-0.4, -0.2) is 33.9 Å². The summed E-state index contributed by atoms with van der Waals surface area (Å²) in [5, 5.41) is 11.2. The van der Waals surface area contributed by atoms with Gasteiger partial charge >= 0.3 is 0 Å². The van der Waals surface area contributed by atoms with Crippen molar-refractivity contribution in [3.8, 4) is 0 Å². The second-order valence-electron chi connectivity index (χ2n) is 8.05. The van der Waals surface area contributed by atoms with Gasteiger partial charge in [0.05, 0.1) is 44.6 Å². The van der Waals surface area contributed by atoms with Crippen LogP contribution in [0.5, 0.6) is 0 Å². The van der Waals surface area contributed by atoms with Crippen LogP contribution in [0.15, 0.2) is 104 Å². The number of H-pyrrole nitrogens is 1. The van der Waals surface area contributed by atoms with Gasteiger partial charge in [-0.05, 0) is 16.7 Å². The second kappa shape index (κ2) is 12.8. The van der Waals surface area contributed by atoms with Crippen LogP contribution >= 0.6 is 0 Å². The zero-order valence-electron chi connectivity index (χ0n) is 19.0. The molecular formula is C28H30N2O4. The van der Waals surface area contributed by atoms with Gasteiger partial charge < -0.3 is 24.3 Å². The van der Waals surface area contributed by atoms with Crippen molar-refractivity contribution in [1.29, 1.82) is 0 Å². The maximum absolute atomic E-state index is 11.2. The van der Waals surface area contributed by atoms with Crippen LogP contribution in [0.2, 0.25) is 0 Å². The monoisotopic (exact) mass is 458 g/mol. The number of aromatic amines is 1. The average molecular weight is 459 g/mol. The Hall–Kier alpha value is -3.29. The lowest BCUT2D eigenvalue weighted by molar-refractivity contribution is -0.150. The number of nitrogens with one attached hydrogen (secondary N) is 1. The molecule has 0 aliphatic rings. The summed E-state index contributed by atoms with van der Waals surface area (Å²) in [5.74, 6) is 0. The van der Waals surface area contributed by atoms with Gasteiger partial charge in [-0.15, -0.1) is 0 Å². The van der Waals surface area contributed by atoms with Crippen molar-refractivity contribution < 1.29 is 19.3 Å². The van der Waals surface area contributed by atoms with Gasteiger partial charge in [0.2, 0.25) is 0 Å². The maximum Gasteiger partial charge on any atom is 0.128 e. The smallest absolute Gasteiger partial charge is 0.128 e. The van der Waals surface area contributed by atoms with Gasteiger partial charge in [0, 0.05) is 0 Å². The van der Waals surface area contributed by atoms with Gasteiger partial charge in [-0.25, -0.2) is 4.98 Å². The van der Waals surface area contributed by atoms with E-state index in [1.165, 1.54) is 0 Å². The van der Waals surface area contributed by atoms with E-state index < -0.39 is 18.3 Å². The highest BCUT2D eigenvalue weighted by Crippen LogP contribution is 2.27. The first kappa shape index (κ1) is 23.9. The first-order valence-corrected chi connectivity index (χ1v) is 11.4. The molecule has 0 aliphatic heterocycles. The number of ether oxygens (including phenoxy) is 3. The molecule has 4 rings (SSSR count). The summed E-state index contributed by atoms with van der Waals surface area (Å²) in [5.41, 5.74) is 3.82. The largest absolute Gasteiger partial charge is 0.388 e. The van der Waals surface area contributed by atoms with Crippen LogP contribution in [0, 0.1) is 0 Å². The molecule has 0 amide bonds. The SMILES string of the molecule is O[C@H](COCc1ccccc1)[C@@H](OCc1ccccc1)[C@H](OCc1ccccc1)c1cnc[nH]1. The summed E-state index contributed by atoms with van der Waals surface area (Å²) >= 11 is 0. The summed E-state index contributed by atoms with van der Waals surface area (Å²) in [6.07, 6.45) is 1.13. The van der Waals surface area contributed by atoms with Gasteiger partial charge in [-0.1, -0.05) is 91.0 Å². The van der Waals surface area contributed by atoms with E-state index >= 15 is 0 Å². The molecule has 0 aliphatic carbocycles. The molecule has 176 valence electrons. The Morgan fingerprint density at radius 3 is 1.76 bits per heavy atom. The number of aliphatic hydroxyl groups excluding tert-OH is 1. The molecule has 4 aromatic rings. The molecule has 1 heterocycles. The Bertz CT molecular complexity index is 1060. The molecule has 0 spiro atoms. The van der Waals surface area contributed by atoms with Crippen LogP contribution in [0.3, 0.4) is 0 Å². The van der Waals surface area contributed by atoms with Crippen molar-refractivity contribution in [1.82, 2.24) is 9.97 Å². The summed E-state index contributed by atoms with van der Waals surface area (Å²) < 4.78 is 18.4.